The average Bonchev–Trinajstić information content (AvgIpc) is 2.11. The van der Waals surface area contributed by atoms with E-state index in [0.29, 0.717) is 0 Å². The Morgan fingerprint density at radius 1 is 1.00 bits per heavy atom. The second kappa shape index (κ2) is 4.99. The Kier molecular flexibility index (Phi) is 4.24. The Balaban J connectivity index is 0.000000396. The van der Waals surface area contributed by atoms with E-state index in [2.05, 4.69) is 18.9 Å². The van der Waals surface area contributed by atoms with Gasteiger partial charge < -0.3 is 4.90 Å². The molecule has 0 amide bonds. The molecule has 0 radical (unpaired) electrons. The number of nitrogens with zero attached hydrogens (tertiary/aromatic N) is 1. The van der Waals surface area contributed by atoms with E-state index in [1.807, 2.05) is 13.8 Å². The van der Waals surface area contributed by atoms with Crippen molar-refractivity contribution in [3.8, 4) is 0 Å². The first-order valence-electron chi connectivity index (χ1n) is 5.99. The molecule has 0 spiro atoms. The van der Waals surface area contributed by atoms with E-state index in [9.17, 15) is 0 Å². The van der Waals surface area contributed by atoms with Crippen LogP contribution in [0.3, 0.4) is 0 Å². The van der Waals surface area contributed by atoms with Crippen LogP contribution < -0.4 is 0 Å². The zero-order chi connectivity index (χ0) is 9.84. The molecular weight excluding hydrogens is 158 g/mol. The fourth-order valence-corrected chi connectivity index (χ4v) is 2.89. The van der Waals surface area contributed by atoms with Crippen molar-refractivity contribution in [2.24, 2.45) is 5.92 Å². The van der Waals surface area contributed by atoms with Gasteiger partial charge >= 0.3 is 0 Å². The van der Waals surface area contributed by atoms with Crippen molar-refractivity contribution in [2.75, 3.05) is 7.05 Å². The maximum Gasteiger partial charge on any atom is 0.00977 e. The zero-order valence-electron chi connectivity index (χ0n) is 9.71. The molecule has 0 aromatic rings. The number of fused-ring (bicyclic) bond motifs is 2. The Labute approximate surface area is 83.5 Å². The molecule has 0 saturated carbocycles. The first-order valence-corrected chi connectivity index (χ1v) is 5.99. The molecule has 13 heavy (non-hydrogen) atoms. The fourth-order valence-electron chi connectivity index (χ4n) is 2.89. The van der Waals surface area contributed by atoms with Crippen molar-refractivity contribution in [3.05, 3.63) is 0 Å². The van der Waals surface area contributed by atoms with Crippen LogP contribution in [0.25, 0.3) is 0 Å². The van der Waals surface area contributed by atoms with Crippen molar-refractivity contribution in [2.45, 2.75) is 65.0 Å². The molecule has 2 aliphatic rings. The summed E-state index contributed by atoms with van der Waals surface area (Å²) in [5, 5.41) is 0. The van der Waals surface area contributed by atoms with Crippen LogP contribution in [-0.2, 0) is 0 Å². The molecule has 0 aromatic heterocycles. The van der Waals surface area contributed by atoms with Gasteiger partial charge in [0, 0.05) is 12.1 Å². The third kappa shape index (κ3) is 2.46. The van der Waals surface area contributed by atoms with Crippen LogP contribution in [0.2, 0.25) is 0 Å². The maximum atomic E-state index is 2.63. The molecule has 2 bridgehead atoms. The normalized spacial score (nSPS) is 39.2. The highest BCUT2D eigenvalue weighted by Crippen LogP contribution is 2.35. The summed E-state index contributed by atoms with van der Waals surface area (Å²) in [7, 11) is 2.32. The van der Waals surface area contributed by atoms with Gasteiger partial charge in [-0.3, -0.25) is 0 Å². The lowest BCUT2D eigenvalue weighted by atomic mass is 9.80. The van der Waals surface area contributed by atoms with Gasteiger partial charge in [-0.25, -0.2) is 0 Å². The van der Waals surface area contributed by atoms with Crippen molar-refractivity contribution in [1.82, 2.24) is 4.90 Å². The van der Waals surface area contributed by atoms with Crippen LogP contribution in [0, 0.1) is 5.92 Å². The second-order valence-electron chi connectivity index (χ2n) is 4.48. The highest BCUT2D eigenvalue weighted by atomic mass is 15.2. The van der Waals surface area contributed by atoms with Crippen LogP contribution in [0.15, 0.2) is 0 Å². The first-order chi connectivity index (χ1) is 6.27. The molecule has 0 aromatic carbocycles. The zero-order valence-corrected chi connectivity index (χ0v) is 9.71. The van der Waals surface area contributed by atoms with Gasteiger partial charge in [-0.1, -0.05) is 27.2 Å². The molecule has 2 heterocycles. The lowest BCUT2D eigenvalue weighted by Crippen LogP contribution is -2.49. The van der Waals surface area contributed by atoms with Crippen LogP contribution in [0.4, 0.5) is 0 Å². The number of rotatable bonds is 0. The SMILES string of the molecule is CC.CC1CC2CCCC(C1)N2C. The van der Waals surface area contributed by atoms with Gasteiger partial charge in [0.15, 0.2) is 0 Å². The standard InChI is InChI=1S/C10H19N.C2H6/c1-8-6-9-4-3-5-10(7-8)11(9)2;1-2/h8-10H,3-7H2,1-2H3;1-2H3. The second-order valence-corrected chi connectivity index (χ2v) is 4.48. The molecule has 2 rings (SSSR count). The molecule has 1 nitrogen and oxygen atoms in total. The van der Waals surface area contributed by atoms with Gasteiger partial charge in [-0.15, -0.1) is 0 Å². The third-order valence-electron chi connectivity index (χ3n) is 3.58. The quantitative estimate of drug-likeness (QED) is 0.557. The summed E-state index contributed by atoms with van der Waals surface area (Å²) in [4.78, 5) is 2.63. The largest absolute Gasteiger partial charge is 0.300 e. The summed E-state index contributed by atoms with van der Waals surface area (Å²) in [5.41, 5.74) is 0. The van der Waals surface area contributed by atoms with Gasteiger partial charge in [-0.2, -0.15) is 0 Å². The van der Waals surface area contributed by atoms with E-state index >= 15 is 0 Å². The lowest BCUT2D eigenvalue weighted by Gasteiger charge is -2.46. The van der Waals surface area contributed by atoms with Gasteiger partial charge in [0.05, 0.1) is 0 Å². The Morgan fingerprint density at radius 3 is 1.92 bits per heavy atom. The summed E-state index contributed by atoms with van der Waals surface area (Å²) in [6.45, 7) is 6.42. The molecule has 78 valence electrons. The summed E-state index contributed by atoms with van der Waals surface area (Å²) < 4.78 is 0. The molecule has 2 aliphatic heterocycles. The average molecular weight is 183 g/mol. The lowest BCUT2D eigenvalue weighted by molar-refractivity contribution is 0.0415. The fraction of sp³-hybridized carbons (Fsp3) is 1.00. The van der Waals surface area contributed by atoms with Crippen LogP contribution in [0.1, 0.15) is 52.9 Å². The monoisotopic (exact) mass is 183 g/mol. The summed E-state index contributed by atoms with van der Waals surface area (Å²) in [6, 6.07) is 1.86. The van der Waals surface area contributed by atoms with Crippen molar-refractivity contribution in [3.63, 3.8) is 0 Å². The minimum atomic E-state index is 0.928. The molecule has 2 atom stereocenters. The van der Waals surface area contributed by atoms with Crippen molar-refractivity contribution < 1.29 is 0 Å². The van der Waals surface area contributed by atoms with Crippen molar-refractivity contribution in [1.29, 1.82) is 0 Å². The van der Waals surface area contributed by atoms with E-state index in [4.69, 9.17) is 0 Å². The molecule has 2 saturated heterocycles. The number of piperidine rings is 2. The van der Waals surface area contributed by atoms with Gasteiger partial charge in [-0.05, 0) is 38.6 Å². The Hall–Kier alpha value is -0.0400. The van der Waals surface area contributed by atoms with Crippen LogP contribution in [-0.4, -0.2) is 24.0 Å². The topological polar surface area (TPSA) is 3.24 Å². The van der Waals surface area contributed by atoms with E-state index in [-0.39, 0.29) is 0 Å². The number of hydrogen-bond donors (Lipinski definition) is 0. The molecule has 2 fully saturated rings. The minimum absolute atomic E-state index is 0.928. The highest BCUT2D eigenvalue weighted by Gasteiger charge is 2.33. The summed E-state index contributed by atoms with van der Waals surface area (Å²) >= 11 is 0. The molecule has 2 unspecified atom stereocenters. The molecule has 0 aliphatic carbocycles. The van der Waals surface area contributed by atoms with Crippen LogP contribution in [0.5, 0.6) is 0 Å². The van der Waals surface area contributed by atoms with Crippen molar-refractivity contribution >= 4 is 0 Å². The Morgan fingerprint density at radius 2 is 1.46 bits per heavy atom. The summed E-state index contributed by atoms with van der Waals surface area (Å²) in [5.74, 6) is 0.987. The predicted molar refractivity (Wildman–Crippen MR) is 58.9 cm³/mol. The van der Waals surface area contributed by atoms with Crippen LogP contribution >= 0.6 is 0 Å². The molecule has 0 N–H and O–H groups in total. The van der Waals surface area contributed by atoms with Gasteiger partial charge in [0.1, 0.15) is 0 Å². The number of hydrogen-bond acceptors (Lipinski definition) is 1. The molecule has 1 heteroatoms. The smallest absolute Gasteiger partial charge is 0.00977 e. The van der Waals surface area contributed by atoms with Gasteiger partial charge in [0.25, 0.3) is 0 Å². The van der Waals surface area contributed by atoms with E-state index in [0.717, 1.165) is 18.0 Å². The van der Waals surface area contributed by atoms with E-state index in [1.54, 1.807) is 0 Å². The summed E-state index contributed by atoms with van der Waals surface area (Å²) in [6.07, 6.45) is 7.29. The third-order valence-corrected chi connectivity index (χ3v) is 3.58. The minimum Gasteiger partial charge on any atom is -0.300 e. The molecular formula is C12H25N. The highest BCUT2D eigenvalue weighted by molar-refractivity contribution is 4.89. The van der Waals surface area contributed by atoms with E-state index in [1.165, 1.54) is 32.1 Å². The van der Waals surface area contributed by atoms with E-state index < -0.39 is 0 Å². The Bertz CT molecular complexity index is 130. The first kappa shape index (κ1) is 11.0. The maximum absolute atomic E-state index is 2.63. The van der Waals surface area contributed by atoms with Gasteiger partial charge in [0.2, 0.25) is 0 Å². The predicted octanol–water partition coefficient (Wildman–Crippen LogP) is 3.30.